The molecular formula is C22H28I3N3O10. The maximum absolute atomic E-state index is 13.0. The number of aliphatic hydroxyl groups is 4. The van der Waals surface area contributed by atoms with Crippen LogP contribution in [0.4, 0.5) is 5.69 Å². The molecule has 1 aromatic rings. The first-order chi connectivity index (χ1) is 17.8. The fourth-order valence-corrected chi connectivity index (χ4v) is 7.10. The van der Waals surface area contributed by atoms with Crippen molar-refractivity contribution in [1.29, 1.82) is 0 Å². The zero-order chi connectivity index (χ0) is 29.0. The van der Waals surface area contributed by atoms with Crippen LogP contribution in [0.25, 0.3) is 0 Å². The fourth-order valence-electron chi connectivity index (χ4n) is 2.57. The molecule has 2 atom stereocenters. The average Bonchev–Trinajstić information content (AvgIpc) is 2.87. The van der Waals surface area contributed by atoms with E-state index < -0.39 is 49.2 Å². The van der Waals surface area contributed by atoms with Gasteiger partial charge in [0.25, 0.3) is 11.8 Å². The minimum Gasteiger partial charge on any atom is -0.461 e. The van der Waals surface area contributed by atoms with E-state index in [0.717, 1.165) is 0 Å². The SMILES string of the molecule is C=C(C)C(=O)OCCOC(=O)CNc1c(I)c(C(=O)NCC(O)CO)c(I)c(C(=O)NCC(O)CO)c1I. The van der Waals surface area contributed by atoms with Crippen LogP contribution in [0.5, 0.6) is 0 Å². The summed E-state index contributed by atoms with van der Waals surface area (Å²) in [5, 5.41) is 45.1. The summed E-state index contributed by atoms with van der Waals surface area (Å²) in [4.78, 5) is 49.6. The third-order valence-electron chi connectivity index (χ3n) is 4.53. The molecule has 16 heteroatoms. The Bertz CT molecular complexity index is 1000. The normalized spacial score (nSPS) is 12.2. The number of hydrogen-bond acceptors (Lipinski definition) is 11. The van der Waals surface area contributed by atoms with Crippen LogP contribution in [0.15, 0.2) is 12.2 Å². The van der Waals surface area contributed by atoms with Gasteiger partial charge in [0.2, 0.25) is 0 Å². The van der Waals surface area contributed by atoms with Gasteiger partial charge in [-0.15, -0.1) is 0 Å². The van der Waals surface area contributed by atoms with Crippen LogP contribution < -0.4 is 16.0 Å². The summed E-state index contributed by atoms with van der Waals surface area (Å²) in [6, 6.07) is 0. The number of hydrogen-bond donors (Lipinski definition) is 7. The highest BCUT2D eigenvalue weighted by atomic mass is 127. The highest BCUT2D eigenvalue weighted by molar-refractivity contribution is 14.1. The summed E-state index contributed by atoms with van der Waals surface area (Å²) in [7, 11) is 0. The molecule has 0 saturated carbocycles. The monoisotopic (exact) mass is 875 g/mol. The lowest BCUT2D eigenvalue weighted by molar-refractivity contribution is -0.148. The molecule has 0 aliphatic heterocycles. The van der Waals surface area contributed by atoms with Gasteiger partial charge in [0.1, 0.15) is 19.8 Å². The van der Waals surface area contributed by atoms with Gasteiger partial charge in [-0.05, 0) is 74.7 Å². The fraction of sp³-hybridized carbons (Fsp3) is 0.455. The molecule has 2 amide bonds. The Labute approximate surface area is 259 Å². The number of ether oxygens (including phenoxy) is 2. The minimum absolute atomic E-state index is 0.0761. The number of rotatable bonds is 15. The third kappa shape index (κ3) is 10.7. The molecule has 1 rings (SSSR count). The highest BCUT2D eigenvalue weighted by Crippen LogP contribution is 2.35. The largest absolute Gasteiger partial charge is 0.461 e. The molecular weight excluding hydrogens is 847 g/mol. The van der Waals surface area contributed by atoms with E-state index in [1.165, 1.54) is 6.92 Å². The van der Waals surface area contributed by atoms with Crippen molar-refractivity contribution >= 4 is 97.2 Å². The third-order valence-corrected chi connectivity index (χ3v) is 7.76. The highest BCUT2D eigenvalue weighted by Gasteiger charge is 2.28. The molecule has 0 heterocycles. The second kappa shape index (κ2) is 17.4. The molecule has 0 radical (unpaired) electrons. The van der Waals surface area contributed by atoms with Crippen LogP contribution in [0.2, 0.25) is 0 Å². The number of carbonyl (C=O) groups is 4. The van der Waals surface area contributed by atoms with Crippen LogP contribution in [-0.2, 0) is 19.1 Å². The van der Waals surface area contributed by atoms with Gasteiger partial charge < -0.3 is 45.9 Å². The molecule has 38 heavy (non-hydrogen) atoms. The second-order valence-electron chi connectivity index (χ2n) is 7.65. The van der Waals surface area contributed by atoms with Crippen molar-refractivity contribution < 1.29 is 49.1 Å². The zero-order valence-corrected chi connectivity index (χ0v) is 26.7. The van der Waals surface area contributed by atoms with Crippen molar-refractivity contribution in [3.63, 3.8) is 0 Å². The molecule has 0 bridgehead atoms. The predicted octanol–water partition coefficient (Wildman–Crippen LogP) is -0.259. The maximum Gasteiger partial charge on any atom is 0.333 e. The first-order valence-corrected chi connectivity index (χ1v) is 14.2. The van der Waals surface area contributed by atoms with Crippen LogP contribution in [0.1, 0.15) is 27.6 Å². The molecule has 7 N–H and O–H groups in total. The molecule has 2 unspecified atom stereocenters. The van der Waals surface area contributed by atoms with E-state index in [1.807, 2.05) is 67.8 Å². The Balaban J connectivity index is 3.20. The number of amides is 2. The number of carbonyl (C=O) groups excluding carboxylic acids is 4. The molecule has 13 nitrogen and oxygen atoms in total. The molecule has 0 aromatic heterocycles. The van der Waals surface area contributed by atoms with Crippen molar-refractivity contribution in [2.45, 2.75) is 19.1 Å². The minimum atomic E-state index is -1.19. The lowest BCUT2D eigenvalue weighted by atomic mass is 10.1. The maximum atomic E-state index is 13.0. The lowest BCUT2D eigenvalue weighted by Crippen LogP contribution is -2.37. The molecule has 0 aliphatic carbocycles. The second-order valence-corrected chi connectivity index (χ2v) is 10.9. The number of nitrogens with one attached hydrogen (secondary N) is 3. The summed E-state index contributed by atoms with van der Waals surface area (Å²) in [5.74, 6) is -2.60. The van der Waals surface area contributed by atoms with Crippen molar-refractivity contribution in [2.24, 2.45) is 0 Å². The van der Waals surface area contributed by atoms with Gasteiger partial charge >= 0.3 is 11.9 Å². The summed E-state index contributed by atoms with van der Waals surface area (Å²) in [6.07, 6.45) is -2.38. The van der Waals surface area contributed by atoms with E-state index >= 15 is 0 Å². The van der Waals surface area contributed by atoms with Gasteiger partial charge in [0.05, 0.1) is 49.4 Å². The first-order valence-electron chi connectivity index (χ1n) is 10.9. The van der Waals surface area contributed by atoms with Crippen molar-refractivity contribution in [1.82, 2.24) is 10.6 Å². The summed E-state index contributed by atoms with van der Waals surface area (Å²) >= 11 is 5.58. The van der Waals surface area contributed by atoms with E-state index in [4.69, 9.17) is 19.7 Å². The number of halogens is 3. The van der Waals surface area contributed by atoms with Crippen molar-refractivity contribution in [3.05, 3.63) is 34.0 Å². The topological polar surface area (TPSA) is 204 Å². The Morgan fingerprint density at radius 1 is 0.842 bits per heavy atom. The molecule has 1 aromatic carbocycles. The number of anilines is 1. The van der Waals surface area contributed by atoms with Gasteiger partial charge in [-0.25, -0.2) is 4.79 Å². The number of aliphatic hydroxyl groups excluding tert-OH is 4. The van der Waals surface area contributed by atoms with Gasteiger partial charge in [-0.3, -0.25) is 14.4 Å². The van der Waals surface area contributed by atoms with Gasteiger partial charge in [0, 0.05) is 22.2 Å². The van der Waals surface area contributed by atoms with E-state index in [-0.39, 0.29) is 58.8 Å². The van der Waals surface area contributed by atoms with E-state index in [0.29, 0.717) is 7.14 Å². The molecule has 212 valence electrons. The van der Waals surface area contributed by atoms with Gasteiger partial charge in [-0.2, -0.15) is 0 Å². The quantitative estimate of drug-likeness (QED) is 0.0530. The summed E-state index contributed by atoms with van der Waals surface area (Å²) in [5.41, 5.74) is 0.634. The smallest absolute Gasteiger partial charge is 0.333 e. The van der Waals surface area contributed by atoms with E-state index in [9.17, 15) is 29.4 Å². The van der Waals surface area contributed by atoms with Crippen LogP contribution >= 0.6 is 67.8 Å². The average molecular weight is 875 g/mol. The van der Waals surface area contributed by atoms with E-state index in [1.54, 1.807) is 0 Å². The Morgan fingerprint density at radius 2 is 1.29 bits per heavy atom. The lowest BCUT2D eigenvalue weighted by Gasteiger charge is -2.20. The Hall–Kier alpha value is -1.33. The predicted molar refractivity (Wildman–Crippen MR) is 161 cm³/mol. The standard InChI is InChI=1S/C22H28I3N3O10/c1-10(2)22(36)38-4-3-37-13(33)7-26-19-17(24)14(20(34)27-5-11(31)8-29)16(23)15(18(19)25)21(35)28-6-12(32)9-30/h11-12,26,29-32H,1,3-9H2,2H3,(H,27,34)(H,28,35). The van der Waals surface area contributed by atoms with E-state index in [2.05, 4.69) is 22.5 Å². The summed E-state index contributed by atoms with van der Waals surface area (Å²) in [6.45, 7) is 2.59. The van der Waals surface area contributed by atoms with Crippen LogP contribution in [0.3, 0.4) is 0 Å². The molecule has 0 aliphatic rings. The Morgan fingerprint density at radius 3 is 1.71 bits per heavy atom. The summed E-state index contributed by atoms with van der Waals surface area (Å²) < 4.78 is 10.9. The molecule has 0 saturated heterocycles. The molecule has 0 spiro atoms. The van der Waals surface area contributed by atoms with Crippen molar-refractivity contribution in [3.8, 4) is 0 Å². The van der Waals surface area contributed by atoms with Crippen LogP contribution in [0, 0.1) is 10.7 Å². The van der Waals surface area contributed by atoms with Crippen LogP contribution in [-0.4, -0.2) is 102 Å². The molecule has 0 fully saturated rings. The van der Waals surface area contributed by atoms with Gasteiger partial charge in [0.15, 0.2) is 0 Å². The van der Waals surface area contributed by atoms with Gasteiger partial charge in [-0.1, -0.05) is 6.58 Å². The van der Waals surface area contributed by atoms with Crippen molar-refractivity contribution in [2.75, 3.05) is 51.4 Å². The first kappa shape index (κ1) is 34.7. The zero-order valence-electron chi connectivity index (χ0n) is 20.2. The number of benzene rings is 1. The Kier molecular flexibility index (Phi) is 15.9. The number of esters is 2.